The summed E-state index contributed by atoms with van der Waals surface area (Å²) < 4.78 is 0. The molecule has 0 rings (SSSR count). The van der Waals surface area contributed by atoms with Crippen LogP contribution in [0.4, 0.5) is 0 Å². The summed E-state index contributed by atoms with van der Waals surface area (Å²) in [5.74, 6) is 0.127. The van der Waals surface area contributed by atoms with Gasteiger partial charge in [-0.2, -0.15) is 0 Å². The lowest BCUT2D eigenvalue weighted by Gasteiger charge is -1.93. The number of hydrogen-bond acceptors (Lipinski definition) is 1. The molecule has 50 valence electrons. The Bertz CT molecular complexity index is 65.4. The van der Waals surface area contributed by atoms with Crippen LogP contribution < -0.4 is 5.32 Å². The molecule has 0 aromatic carbocycles. The lowest BCUT2D eigenvalue weighted by molar-refractivity contribution is -0.120. The van der Waals surface area contributed by atoms with E-state index in [-0.39, 0.29) is 16.9 Å². The quantitative estimate of drug-likeness (QED) is 0.485. The molecule has 0 atom stereocenters. The summed E-state index contributed by atoms with van der Waals surface area (Å²) in [5.41, 5.74) is 0. The lowest BCUT2D eigenvalue weighted by Crippen LogP contribution is -2.20. The van der Waals surface area contributed by atoms with Crippen molar-refractivity contribution in [3.05, 3.63) is 0 Å². The predicted octanol–water partition coefficient (Wildman–Crippen LogP) is -0.919. The van der Waals surface area contributed by atoms with Crippen molar-refractivity contribution in [2.24, 2.45) is 0 Å². The predicted molar refractivity (Wildman–Crippen MR) is 40.3 cm³/mol. The molecule has 0 aliphatic rings. The van der Waals surface area contributed by atoms with Crippen LogP contribution in [0.15, 0.2) is 0 Å². The Balaban J connectivity index is 0. The van der Waals surface area contributed by atoms with E-state index in [0.717, 1.165) is 6.54 Å². The molecule has 0 spiro atoms. The second-order valence-electron chi connectivity index (χ2n) is 1.31. The Morgan fingerprint density at radius 3 is 2.12 bits per heavy atom. The van der Waals surface area contributed by atoms with E-state index in [1.807, 2.05) is 13.8 Å². The van der Waals surface area contributed by atoms with Gasteiger partial charge in [0.15, 0.2) is 0 Å². The average Bonchev–Trinajstić information content (AvgIpc) is 1.68. The van der Waals surface area contributed by atoms with Gasteiger partial charge in [0.05, 0.1) is 0 Å². The van der Waals surface area contributed by atoms with Gasteiger partial charge in [-0.05, 0) is 17.9 Å². The number of rotatable bonds is 2. The number of nitrogens with one attached hydrogen (secondary N) is 1. The van der Waals surface area contributed by atoms with Gasteiger partial charge in [0.25, 0.3) is 0 Å². The highest BCUT2D eigenvalue weighted by molar-refractivity contribution is 5.75. The van der Waals surface area contributed by atoms with Crippen molar-refractivity contribution in [2.45, 2.75) is 20.3 Å². The van der Waals surface area contributed by atoms with Gasteiger partial charge >= 0.3 is 0 Å². The van der Waals surface area contributed by atoms with Crippen molar-refractivity contribution in [3.63, 3.8) is 0 Å². The second kappa shape index (κ2) is 6.69. The van der Waals surface area contributed by atoms with Gasteiger partial charge in [0.1, 0.15) is 0 Å². The number of hydrogen-bond donors (Lipinski definition) is 1. The molecule has 0 bridgehead atoms. The Morgan fingerprint density at radius 1 is 1.50 bits per heavy atom. The van der Waals surface area contributed by atoms with Gasteiger partial charge in [0, 0.05) is 13.0 Å². The zero-order chi connectivity index (χ0) is 5.70. The minimum Gasteiger partial charge on any atom is -0.356 e. The smallest absolute Gasteiger partial charge is 0.219 e. The molecule has 0 fully saturated rings. The molecule has 0 radical (unpaired) electrons. The standard InChI is InChI=1S/C5H11NO.H4Si/c1-3-5(7)6-4-2;/h3-4H2,1-2H3,(H,6,7);1H4. The highest BCUT2D eigenvalue weighted by Crippen LogP contribution is 1.70. The van der Waals surface area contributed by atoms with Crippen molar-refractivity contribution in [3.8, 4) is 0 Å². The van der Waals surface area contributed by atoms with Crippen LogP contribution in [0.5, 0.6) is 0 Å². The molecule has 2 nitrogen and oxygen atoms in total. The molecule has 0 aliphatic heterocycles. The fraction of sp³-hybridized carbons (Fsp3) is 0.800. The van der Waals surface area contributed by atoms with Gasteiger partial charge < -0.3 is 5.32 Å². The molecule has 0 aromatic heterocycles. The molecule has 3 heteroatoms. The SMILES string of the molecule is CCNC(=O)CC.[SiH4]. The van der Waals surface area contributed by atoms with Gasteiger partial charge in [-0.1, -0.05) is 6.92 Å². The summed E-state index contributed by atoms with van der Waals surface area (Å²) in [6.45, 7) is 4.49. The summed E-state index contributed by atoms with van der Waals surface area (Å²) in [5, 5.41) is 2.66. The van der Waals surface area contributed by atoms with E-state index in [4.69, 9.17) is 0 Å². The topological polar surface area (TPSA) is 29.1 Å². The van der Waals surface area contributed by atoms with E-state index in [1.165, 1.54) is 0 Å². The summed E-state index contributed by atoms with van der Waals surface area (Å²) in [6.07, 6.45) is 0.591. The Kier molecular flexibility index (Phi) is 8.88. The highest BCUT2D eigenvalue weighted by Gasteiger charge is 1.88. The third-order valence-electron chi connectivity index (χ3n) is 0.695. The fourth-order valence-corrected chi connectivity index (χ4v) is 0.322. The molecule has 1 N–H and O–H groups in total. The van der Waals surface area contributed by atoms with E-state index in [9.17, 15) is 4.79 Å². The fourth-order valence-electron chi connectivity index (χ4n) is 0.322. The van der Waals surface area contributed by atoms with Gasteiger partial charge in [-0.25, -0.2) is 0 Å². The minimum atomic E-state index is 0. The maximum atomic E-state index is 10.3. The molecule has 0 aromatic rings. The first-order valence-electron chi connectivity index (χ1n) is 2.58. The molecule has 0 unspecified atom stereocenters. The van der Waals surface area contributed by atoms with Crippen LogP contribution in [0, 0.1) is 0 Å². The number of amides is 1. The Labute approximate surface area is 54.7 Å². The molecular weight excluding hydrogens is 118 g/mol. The molecule has 8 heavy (non-hydrogen) atoms. The van der Waals surface area contributed by atoms with E-state index < -0.39 is 0 Å². The zero-order valence-corrected chi connectivity index (χ0v) is 4.82. The normalized spacial score (nSPS) is 7.25. The maximum absolute atomic E-state index is 10.3. The third-order valence-corrected chi connectivity index (χ3v) is 0.695. The van der Waals surface area contributed by atoms with E-state index in [1.54, 1.807) is 0 Å². The van der Waals surface area contributed by atoms with Crippen LogP contribution in [0.2, 0.25) is 0 Å². The Hall–Kier alpha value is -0.313. The third kappa shape index (κ3) is 5.69. The van der Waals surface area contributed by atoms with Gasteiger partial charge in [-0.15, -0.1) is 0 Å². The van der Waals surface area contributed by atoms with Crippen LogP contribution in [0.1, 0.15) is 20.3 Å². The summed E-state index contributed by atoms with van der Waals surface area (Å²) in [6, 6.07) is 0. The molecule has 0 saturated heterocycles. The van der Waals surface area contributed by atoms with Crippen LogP contribution >= 0.6 is 0 Å². The summed E-state index contributed by atoms with van der Waals surface area (Å²) in [4.78, 5) is 10.3. The molecule has 0 saturated carbocycles. The largest absolute Gasteiger partial charge is 0.356 e. The minimum absolute atomic E-state index is 0. The molecule has 0 aliphatic carbocycles. The van der Waals surface area contributed by atoms with Crippen molar-refractivity contribution >= 4 is 16.9 Å². The van der Waals surface area contributed by atoms with E-state index in [2.05, 4.69) is 5.32 Å². The number of carbonyl (C=O) groups is 1. The molecular formula is C5H15NOSi. The number of carbonyl (C=O) groups excluding carboxylic acids is 1. The van der Waals surface area contributed by atoms with Crippen LogP contribution in [0.3, 0.4) is 0 Å². The van der Waals surface area contributed by atoms with Gasteiger partial charge in [-0.3, -0.25) is 4.79 Å². The Morgan fingerprint density at radius 2 is 2.00 bits per heavy atom. The maximum Gasteiger partial charge on any atom is 0.219 e. The zero-order valence-electron chi connectivity index (χ0n) is 4.82. The van der Waals surface area contributed by atoms with Crippen molar-refractivity contribution in [1.82, 2.24) is 5.32 Å². The first kappa shape index (κ1) is 10.6. The second-order valence-corrected chi connectivity index (χ2v) is 1.31. The van der Waals surface area contributed by atoms with E-state index >= 15 is 0 Å². The van der Waals surface area contributed by atoms with Crippen molar-refractivity contribution in [1.29, 1.82) is 0 Å². The first-order chi connectivity index (χ1) is 3.31. The highest BCUT2D eigenvalue weighted by atomic mass is 28.1. The van der Waals surface area contributed by atoms with Gasteiger partial charge in [0.2, 0.25) is 5.91 Å². The van der Waals surface area contributed by atoms with E-state index in [0.29, 0.717) is 6.42 Å². The van der Waals surface area contributed by atoms with Crippen LogP contribution in [0.25, 0.3) is 0 Å². The van der Waals surface area contributed by atoms with Crippen molar-refractivity contribution < 1.29 is 4.79 Å². The molecule has 1 amide bonds. The average molecular weight is 133 g/mol. The molecule has 0 heterocycles. The first-order valence-corrected chi connectivity index (χ1v) is 2.58. The van der Waals surface area contributed by atoms with Crippen LogP contribution in [-0.2, 0) is 4.79 Å². The lowest BCUT2D eigenvalue weighted by atomic mass is 10.4. The summed E-state index contributed by atoms with van der Waals surface area (Å²) >= 11 is 0. The monoisotopic (exact) mass is 133 g/mol. The van der Waals surface area contributed by atoms with Crippen LogP contribution in [-0.4, -0.2) is 23.4 Å². The van der Waals surface area contributed by atoms with Crippen molar-refractivity contribution in [2.75, 3.05) is 6.54 Å². The summed E-state index contributed by atoms with van der Waals surface area (Å²) in [7, 11) is 0.